The summed E-state index contributed by atoms with van der Waals surface area (Å²) >= 11 is 1.97. The fraction of sp³-hybridized carbons (Fsp3) is 0.778. The van der Waals surface area contributed by atoms with Crippen LogP contribution in [0, 0.1) is 11.3 Å². The van der Waals surface area contributed by atoms with Crippen molar-refractivity contribution >= 4 is 11.3 Å². The van der Waals surface area contributed by atoms with Crippen LogP contribution in [0.25, 0.3) is 0 Å². The van der Waals surface area contributed by atoms with Crippen LogP contribution >= 0.6 is 11.3 Å². The van der Waals surface area contributed by atoms with Gasteiger partial charge in [-0.2, -0.15) is 0 Å². The van der Waals surface area contributed by atoms with Crippen LogP contribution < -0.4 is 5.32 Å². The van der Waals surface area contributed by atoms with Gasteiger partial charge in [0.05, 0.1) is 0 Å². The third kappa shape index (κ3) is 4.08. The zero-order valence-electron chi connectivity index (χ0n) is 13.7. The van der Waals surface area contributed by atoms with Gasteiger partial charge in [0.1, 0.15) is 0 Å². The first-order valence-electron chi connectivity index (χ1n) is 8.37. The van der Waals surface area contributed by atoms with E-state index in [9.17, 15) is 0 Å². The van der Waals surface area contributed by atoms with Gasteiger partial charge in [-0.3, -0.25) is 0 Å². The summed E-state index contributed by atoms with van der Waals surface area (Å²) in [6.07, 6.45) is 8.26. The van der Waals surface area contributed by atoms with Crippen molar-refractivity contribution < 1.29 is 0 Å². The third-order valence-electron chi connectivity index (χ3n) is 4.75. The van der Waals surface area contributed by atoms with Crippen LogP contribution in [-0.2, 0) is 6.42 Å². The van der Waals surface area contributed by atoms with Crippen molar-refractivity contribution in [2.45, 2.75) is 72.3 Å². The first kappa shape index (κ1) is 16.0. The normalized spacial score (nSPS) is 19.6. The van der Waals surface area contributed by atoms with Crippen molar-refractivity contribution in [1.82, 2.24) is 5.32 Å². The van der Waals surface area contributed by atoms with Gasteiger partial charge in [-0.05, 0) is 56.1 Å². The summed E-state index contributed by atoms with van der Waals surface area (Å²) in [4.78, 5) is 3.01. The van der Waals surface area contributed by atoms with Crippen LogP contribution in [-0.4, -0.2) is 6.54 Å². The van der Waals surface area contributed by atoms with Crippen molar-refractivity contribution in [2.24, 2.45) is 11.3 Å². The van der Waals surface area contributed by atoms with E-state index in [1.165, 1.54) is 48.4 Å². The van der Waals surface area contributed by atoms with Crippen LogP contribution in [0.1, 0.15) is 75.6 Å². The van der Waals surface area contributed by atoms with Crippen LogP contribution in [0.4, 0.5) is 0 Å². The quantitative estimate of drug-likeness (QED) is 0.693. The fourth-order valence-electron chi connectivity index (χ4n) is 3.73. The molecule has 1 nitrogen and oxygen atoms in total. The molecule has 20 heavy (non-hydrogen) atoms. The average molecular weight is 294 g/mol. The lowest BCUT2D eigenvalue weighted by Crippen LogP contribution is -2.34. The largest absolute Gasteiger partial charge is 0.309 e. The predicted molar refractivity (Wildman–Crippen MR) is 90.5 cm³/mol. The number of hydrogen-bond donors (Lipinski definition) is 1. The molecule has 1 saturated carbocycles. The summed E-state index contributed by atoms with van der Waals surface area (Å²) in [6.45, 7) is 10.5. The van der Waals surface area contributed by atoms with Crippen LogP contribution in [0.3, 0.4) is 0 Å². The standard InChI is InChI=1S/C18H31NS/c1-5-16-8-9-17(20-16)15(4)19-13-18(12-14(2)3)10-6-7-11-18/h8-9,14-15,19H,5-7,10-13H2,1-4H3. The maximum Gasteiger partial charge on any atom is 0.0386 e. The number of hydrogen-bond acceptors (Lipinski definition) is 2. The summed E-state index contributed by atoms with van der Waals surface area (Å²) in [5, 5.41) is 3.83. The Morgan fingerprint density at radius 3 is 2.45 bits per heavy atom. The predicted octanol–water partition coefficient (Wildman–Crippen LogP) is 5.57. The summed E-state index contributed by atoms with van der Waals surface area (Å²) in [5.74, 6) is 0.818. The Kier molecular flexibility index (Phi) is 5.68. The Balaban J connectivity index is 1.91. The second-order valence-corrected chi connectivity index (χ2v) is 8.27. The van der Waals surface area contributed by atoms with Crippen molar-refractivity contribution in [3.8, 4) is 0 Å². The highest BCUT2D eigenvalue weighted by Gasteiger charge is 2.34. The number of thiophene rings is 1. The Morgan fingerprint density at radius 1 is 1.20 bits per heavy atom. The second kappa shape index (κ2) is 7.09. The van der Waals surface area contributed by atoms with Crippen LogP contribution in [0.5, 0.6) is 0 Å². The van der Waals surface area contributed by atoms with Crippen LogP contribution in [0.2, 0.25) is 0 Å². The fourth-order valence-corrected chi connectivity index (χ4v) is 4.71. The summed E-state index contributed by atoms with van der Waals surface area (Å²) < 4.78 is 0. The molecule has 0 aliphatic heterocycles. The summed E-state index contributed by atoms with van der Waals surface area (Å²) in [6, 6.07) is 5.10. The Morgan fingerprint density at radius 2 is 1.90 bits per heavy atom. The SMILES string of the molecule is CCc1ccc(C(C)NCC2(CC(C)C)CCCC2)s1. The summed E-state index contributed by atoms with van der Waals surface area (Å²) in [7, 11) is 0. The molecule has 1 aromatic heterocycles. The Labute approximate surface area is 129 Å². The van der Waals surface area contributed by atoms with Crippen molar-refractivity contribution in [1.29, 1.82) is 0 Å². The molecule has 1 aliphatic rings. The molecule has 1 N–H and O–H groups in total. The lowest BCUT2D eigenvalue weighted by molar-refractivity contribution is 0.217. The van der Waals surface area contributed by atoms with Crippen molar-refractivity contribution in [3.05, 3.63) is 21.9 Å². The zero-order valence-corrected chi connectivity index (χ0v) is 14.5. The lowest BCUT2D eigenvalue weighted by Gasteiger charge is -2.32. The van der Waals surface area contributed by atoms with Gasteiger partial charge in [-0.25, -0.2) is 0 Å². The highest BCUT2D eigenvalue weighted by Crippen LogP contribution is 2.43. The van der Waals surface area contributed by atoms with E-state index >= 15 is 0 Å². The molecule has 0 spiro atoms. The molecule has 2 heteroatoms. The molecular formula is C18H31NS. The van der Waals surface area contributed by atoms with Gasteiger partial charge in [-0.15, -0.1) is 11.3 Å². The Hall–Kier alpha value is -0.340. The molecule has 1 heterocycles. The minimum absolute atomic E-state index is 0.505. The van der Waals surface area contributed by atoms with Crippen LogP contribution in [0.15, 0.2) is 12.1 Å². The monoisotopic (exact) mass is 293 g/mol. The van der Waals surface area contributed by atoms with E-state index in [0.29, 0.717) is 11.5 Å². The van der Waals surface area contributed by atoms with Gasteiger partial charge >= 0.3 is 0 Å². The molecule has 1 aliphatic carbocycles. The molecule has 1 atom stereocenters. The first-order valence-corrected chi connectivity index (χ1v) is 9.18. The highest BCUT2D eigenvalue weighted by atomic mass is 32.1. The van der Waals surface area contributed by atoms with Gasteiger partial charge in [0, 0.05) is 22.3 Å². The minimum atomic E-state index is 0.505. The van der Waals surface area contributed by atoms with E-state index in [1.54, 1.807) is 0 Å². The van der Waals surface area contributed by atoms with E-state index in [0.717, 1.165) is 12.3 Å². The molecule has 0 saturated heterocycles. The molecule has 0 bridgehead atoms. The molecule has 114 valence electrons. The van der Waals surface area contributed by atoms with Gasteiger partial charge in [0.15, 0.2) is 0 Å². The Bertz CT molecular complexity index is 401. The number of rotatable bonds is 7. The summed E-state index contributed by atoms with van der Waals surface area (Å²) in [5.41, 5.74) is 0.577. The van der Waals surface area contributed by atoms with Crippen molar-refractivity contribution in [3.63, 3.8) is 0 Å². The molecule has 0 aromatic carbocycles. The maximum atomic E-state index is 3.83. The third-order valence-corrected chi connectivity index (χ3v) is 6.16. The van der Waals surface area contributed by atoms with E-state index in [1.807, 2.05) is 11.3 Å². The minimum Gasteiger partial charge on any atom is -0.309 e. The van der Waals surface area contributed by atoms with Gasteiger partial charge in [0.25, 0.3) is 0 Å². The number of aryl methyl sites for hydroxylation is 1. The highest BCUT2D eigenvalue weighted by molar-refractivity contribution is 7.12. The molecule has 0 amide bonds. The van der Waals surface area contributed by atoms with Gasteiger partial charge < -0.3 is 5.32 Å². The average Bonchev–Trinajstić information content (AvgIpc) is 3.04. The molecule has 1 fully saturated rings. The molecule has 2 rings (SSSR count). The molecular weight excluding hydrogens is 262 g/mol. The maximum absolute atomic E-state index is 3.83. The first-order chi connectivity index (χ1) is 9.54. The van der Waals surface area contributed by atoms with E-state index in [4.69, 9.17) is 0 Å². The molecule has 1 aromatic rings. The molecule has 0 radical (unpaired) electrons. The van der Waals surface area contributed by atoms with E-state index in [-0.39, 0.29) is 0 Å². The molecule has 1 unspecified atom stereocenters. The van der Waals surface area contributed by atoms with E-state index in [2.05, 4.69) is 45.1 Å². The topological polar surface area (TPSA) is 12.0 Å². The van der Waals surface area contributed by atoms with E-state index < -0.39 is 0 Å². The zero-order chi connectivity index (χ0) is 14.6. The van der Waals surface area contributed by atoms with Gasteiger partial charge in [0.2, 0.25) is 0 Å². The number of nitrogens with one attached hydrogen (secondary N) is 1. The van der Waals surface area contributed by atoms with Gasteiger partial charge in [-0.1, -0.05) is 33.6 Å². The van der Waals surface area contributed by atoms with Crippen molar-refractivity contribution in [2.75, 3.05) is 6.54 Å². The smallest absolute Gasteiger partial charge is 0.0386 e. The lowest BCUT2D eigenvalue weighted by atomic mass is 9.78. The second-order valence-electron chi connectivity index (χ2n) is 7.07.